The van der Waals surface area contributed by atoms with Crippen LogP contribution in [-0.4, -0.2) is 44.8 Å². The molecule has 0 aliphatic carbocycles. The van der Waals surface area contributed by atoms with Crippen LogP contribution in [0.15, 0.2) is 41.3 Å². The third-order valence-corrected chi connectivity index (χ3v) is 7.72. The summed E-state index contributed by atoms with van der Waals surface area (Å²) in [6, 6.07) is 7.78. The van der Waals surface area contributed by atoms with Crippen molar-refractivity contribution in [3.8, 4) is 0 Å². The number of amides is 1. The molecule has 2 fully saturated rings. The number of halogens is 2. The van der Waals surface area contributed by atoms with Gasteiger partial charge in [-0.25, -0.2) is 17.2 Å². The van der Waals surface area contributed by atoms with Crippen molar-refractivity contribution in [2.24, 2.45) is 0 Å². The van der Waals surface area contributed by atoms with Gasteiger partial charge in [0, 0.05) is 31.7 Å². The van der Waals surface area contributed by atoms with Crippen LogP contribution in [0, 0.1) is 11.6 Å². The highest BCUT2D eigenvalue weighted by Crippen LogP contribution is 2.32. The van der Waals surface area contributed by atoms with Gasteiger partial charge in [0.05, 0.1) is 5.69 Å². The van der Waals surface area contributed by atoms with Crippen molar-refractivity contribution in [3.63, 3.8) is 0 Å². The van der Waals surface area contributed by atoms with Gasteiger partial charge in [-0.05, 0) is 56.0 Å². The minimum atomic E-state index is -4.05. The topological polar surface area (TPSA) is 69.7 Å². The summed E-state index contributed by atoms with van der Waals surface area (Å²) < 4.78 is 56.1. The number of nitrogens with one attached hydrogen (secondary N) is 1. The van der Waals surface area contributed by atoms with E-state index in [0.717, 1.165) is 44.5 Å². The van der Waals surface area contributed by atoms with E-state index in [0.29, 0.717) is 31.6 Å². The molecule has 1 N–H and O–H groups in total. The molecular weight excluding hydrogens is 424 g/mol. The Morgan fingerprint density at radius 1 is 0.871 bits per heavy atom. The first-order chi connectivity index (χ1) is 14.9. The third kappa shape index (κ3) is 4.43. The molecule has 0 spiro atoms. The van der Waals surface area contributed by atoms with Crippen LogP contribution in [0.25, 0.3) is 0 Å². The average molecular weight is 450 g/mol. The fourth-order valence-corrected chi connectivity index (χ4v) is 5.74. The standard InChI is InChI=1S/C22H25F2N3O3S/c23-17-10-9-16(15-20(17)31(29,30)27-13-2-1-3-14-27)22(28)25-21-18(24)7-6-8-19(21)26-11-4-5-12-26/h6-10,15H,1-5,11-14H2,(H,25,28). The number of para-hydroxylation sites is 1. The summed E-state index contributed by atoms with van der Waals surface area (Å²) in [5.41, 5.74) is 0.570. The van der Waals surface area contributed by atoms with Crippen LogP contribution in [0.1, 0.15) is 42.5 Å². The number of piperidine rings is 1. The van der Waals surface area contributed by atoms with Crippen molar-refractivity contribution in [3.05, 3.63) is 53.6 Å². The molecule has 2 aliphatic heterocycles. The Balaban J connectivity index is 1.63. The van der Waals surface area contributed by atoms with E-state index in [-0.39, 0.29) is 11.3 Å². The summed E-state index contributed by atoms with van der Waals surface area (Å²) in [7, 11) is -4.05. The highest BCUT2D eigenvalue weighted by atomic mass is 32.2. The van der Waals surface area contributed by atoms with Crippen molar-refractivity contribution < 1.29 is 22.0 Å². The number of hydrogen-bond acceptors (Lipinski definition) is 4. The number of nitrogens with zero attached hydrogens (tertiary/aromatic N) is 2. The SMILES string of the molecule is O=C(Nc1c(F)cccc1N1CCCC1)c1ccc(F)c(S(=O)(=O)N2CCCCC2)c1. The Morgan fingerprint density at radius 3 is 2.26 bits per heavy atom. The molecule has 0 unspecified atom stereocenters. The molecule has 0 radical (unpaired) electrons. The second-order valence-corrected chi connectivity index (χ2v) is 9.80. The number of benzene rings is 2. The summed E-state index contributed by atoms with van der Waals surface area (Å²) in [6.45, 7) is 2.18. The molecule has 31 heavy (non-hydrogen) atoms. The second kappa shape index (κ2) is 8.92. The van der Waals surface area contributed by atoms with Crippen molar-refractivity contribution in [2.75, 3.05) is 36.4 Å². The fraction of sp³-hybridized carbons (Fsp3) is 0.409. The zero-order valence-corrected chi connectivity index (χ0v) is 17.9. The minimum Gasteiger partial charge on any atom is -0.370 e. The molecule has 6 nitrogen and oxygen atoms in total. The van der Waals surface area contributed by atoms with Gasteiger partial charge in [-0.2, -0.15) is 4.31 Å². The van der Waals surface area contributed by atoms with E-state index in [1.54, 1.807) is 12.1 Å². The van der Waals surface area contributed by atoms with Crippen LogP contribution in [0.5, 0.6) is 0 Å². The lowest BCUT2D eigenvalue weighted by Crippen LogP contribution is -2.36. The number of hydrogen-bond donors (Lipinski definition) is 1. The molecule has 0 aromatic heterocycles. The van der Waals surface area contributed by atoms with E-state index in [1.165, 1.54) is 16.4 Å². The molecule has 0 bridgehead atoms. The zero-order chi connectivity index (χ0) is 22.0. The van der Waals surface area contributed by atoms with Crippen molar-refractivity contribution in [1.29, 1.82) is 0 Å². The van der Waals surface area contributed by atoms with Gasteiger partial charge in [0.1, 0.15) is 22.2 Å². The maximum absolute atomic E-state index is 14.6. The Hall–Kier alpha value is -2.52. The van der Waals surface area contributed by atoms with Crippen LogP contribution >= 0.6 is 0 Å². The zero-order valence-electron chi connectivity index (χ0n) is 17.1. The van der Waals surface area contributed by atoms with Crippen LogP contribution in [-0.2, 0) is 10.0 Å². The quantitative estimate of drug-likeness (QED) is 0.749. The Labute approximate surface area is 180 Å². The highest BCUT2D eigenvalue weighted by Gasteiger charge is 2.30. The predicted molar refractivity (Wildman–Crippen MR) is 115 cm³/mol. The van der Waals surface area contributed by atoms with Gasteiger partial charge in [0.25, 0.3) is 5.91 Å². The molecule has 2 aromatic rings. The van der Waals surface area contributed by atoms with Gasteiger partial charge in [-0.3, -0.25) is 4.79 Å². The molecule has 166 valence electrons. The lowest BCUT2D eigenvalue weighted by atomic mass is 10.2. The van der Waals surface area contributed by atoms with Crippen LogP contribution in [0.4, 0.5) is 20.2 Å². The summed E-state index contributed by atoms with van der Waals surface area (Å²) >= 11 is 0. The van der Waals surface area contributed by atoms with E-state index in [9.17, 15) is 22.0 Å². The van der Waals surface area contributed by atoms with Gasteiger partial charge in [-0.15, -0.1) is 0 Å². The largest absolute Gasteiger partial charge is 0.370 e. The highest BCUT2D eigenvalue weighted by molar-refractivity contribution is 7.89. The summed E-state index contributed by atoms with van der Waals surface area (Å²) in [4.78, 5) is 14.3. The summed E-state index contributed by atoms with van der Waals surface area (Å²) in [5, 5.41) is 2.56. The van der Waals surface area contributed by atoms with Crippen molar-refractivity contribution in [2.45, 2.75) is 37.0 Å². The van der Waals surface area contributed by atoms with Crippen LogP contribution in [0.2, 0.25) is 0 Å². The Kier molecular flexibility index (Phi) is 6.24. The number of anilines is 2. The van der Waals surface area contributed by atoms with Gasteiger partial charge in [-0.1, -0.05) is 12.5 Å². The minimum absolute atomic E-state index is 0.0409. The van der Waals surface area contributed by atoms with Gasteiger partial charge in [0.2, 0.25) is 10.0 Å². The third-order valence-electron chi connectivity index (χ3n) is 5.80. The Morgan fingerprint density at radius 2 is 1.55 bits per heavy atom. The molecule has 0 atom stereocenters. The molecule has 2 saturated heterocycles. The van der Waals surface area contributed by atoms with E-state index >= 15 is 0 Å². The van der Waals surface area contributed by atoms with Crippen molar-refractivity contribution >= 4 is 27.3 Å². The number of carbonyl (C=O) groups excluding carboxylic acids is 1. The first-order valence-corrected chi connectivity index (χ1v) is 12.0. The maximum atomic E-state index is 14.6. The normalized spacial score (nSPS) is 17.7. The van der Waals surface area contributed by atoms with Gasteiger partial charge >= 0.3 is 0 Å². The molecular formula is C22H25F2N3O3S. The second-order valence-electron chi connectivity index (χ2n) is 7.89. The van der Waals surface area contributed by atoms with E-state index < -0.39 is 32.5 Å². The van der Waals surface area contributed by atoms with Crippen molar-refractivity contribution in [1.82, 2.24) is 4.31 Å². The molecule has 2 aliphatic rings. The molecule has 9 heteroatoms. The number of rotatable bonds is 5. The summed E-state index contributed by atoms with van der Waals surface area (Å²) in [5.74, 6) is -2.19. The molecule has 2 aromatic carbocycles. The van der Waals surface area contributed by atoms with Gasteiger partial charge < -0.3 is 10.2 Å². The van der Waals surface area contributed by atoms with E-state index in [4.69, 9.17) is 0 Å². The first kappa shape index (κ1) is 21.7. The Bertz CT molecular complexity index is 1080. The van der Waals surface area contributed by atoms with Crippen LogP contribution in [0.3, 0.4) is 0 Å². The molecule has 4 rings (SSSR count). The fourth-order valence-electron chi connectivity index (χ4n) is 4.13. The maximum Gasteiger partial charge on any atom is 0.255 e. The lowest BCUT2D eigenvalue weighted by molar-refractivity contribution is 0.102. The van der Waals surface area contributed by atoms with E-state index in [1.807, 2.05) is 4.90 Å². The van der Waals surface area contributed by atoms with Crippen LogP contribution < -0.4 is 10.2 Å². The lowest BCUT2D eigenvalue weighted by Gasteiger charge is -2.26. The summed E-state index contributed by atoms with van der Waals surface area (Å²) in [6.07, 6.45) is 4.33. The first-order valence-electron chi connectivity index (χ1n) is 10.5. The molecule has 0 saturated carbocycles. The average Bonchev–Trinajstić information content (AvgIpc) is 3.30. The number of sulfonamides is 1. The van der Waals surface area contributed by atoms with E-state index in [2.05, 4.69) is 5.32 Å². The number of carbonyl (C=O) groups is 1. The van der Waals surface area contributed by atoms with Gasteiger partial charge in [0.15, 0.2) is 0 Å². The monoisotopic (exact) mass is 449 g/mol. The predicted octanol–water partition coefficient (Wildman–Crippen LogP) is 3.99. The molecule has 2 heterocycles. The molecule has 1 amide bonds. The smallest absolute Gasteiger partial charge is 0.255 e.